The van der Waals surface area contributed by atoms with E-state index in [1.165, 1.54) is 6.08 Å². The first kappa shape index (κ1) is 22.0. The molecule has 0 saturated carbocycles. The van der Waals surface area contributed by atoms with E-state index < -0.39 is 24.6 Å². The number of nitrogens with zero attached hydrogens (tertiary/aromatic N) is 1. The summed E-state index contributed by atoms with van der Waals surface area (Å²) >= 11 is 0. The highest BCUT2D eigenvalue weighted by Gasteiger charge is 2.21. The number of hydrogen-bond donors (Lipinski definition) is 2. The molecule has 5 nitrogen and oxygen atoms in total. The second-order valence-electron chi connectivity index (χ2n) is 7.94. The lowest BCUT2D eigenvalue weighted by Gasteiger charge is -2.17. The fourth-order valence-corrected chi connectivity index (χ4v) is 4.00. The molecule has 2 N–H and O–H groups in total. The number of aromatic nitrogens is 1. The van der Waals surface area contributed by atoms with E-state index in [9.17, 15) is 24.5 Å². The maximum Gasteiger partial charge on any atom is 0.100 e. The van der Waals surface area contributed by atoms with Crippen LogP contribution in [0.25, 0.3) is 22.6 Å². The Morgan fingerprint density at radius 3 is 2.60 bits per heavy atom. The van der Waals surface area contributed by atoms with Gasteiger partial charge < -0.3 is 24.7 Å². The molecule has 0 spiro atoms. The molecule has 0 fully saturated rings. The number of fused-ring (bicyclic) bond motifs is 1. The Balaban J connectivity index is 2.05. The van der Waals surface area contributed by atoms with Crippen LogP contribution in [0.1, 0.15) is 56.8 Å². The molecule has 2 atom stereocenters. The van der Waals surface area contributed by atoms with E-state index in [1.54, 1.807) is 12.2 Å². The van der Waals surface area contributed by atoms with Crippen LogP contribution in [-0.4, -0.2) is 33.0 Å². The molecule has 0 bridgehead atoms. The van der Waals surface area contributed by atoms with Crippen molar-refractivity contribution in [2.45, 2.75) is 57.8 Å². The van der Waals surface area contributed by atoms with Crippen LogP contribution in [0.5, 0.6) is 0 Å². The van der Waals surface area contributed by atoms with Crippen molar-refractivity contribution < 1.29 is 24.5 Å². The van der Waals surface area contributed by atoms with Gasteiger partial charge in [0.05, 0.1) is 12.2 Å². The Morgan fingerprint density at radius 2 is 1.97 bits per heavy atom. The second-order valence-corrected chi connectivity index (χ2v) is 7.94. The summed E-state index contributed by atoms with van der Waals surface area (Å²) in [4.78, 5) is 10.6. The Hall–Kier alpha value is -2.70. The quantitative estimate of drug-likeness (QED) is 0.695. The Kier molecular flexibility index (Phi) is 6.90. The van der Waals surface area contributed by atoms with Crippen LogP contribution >= 0.6 is 0 Å². The molecule has 2 aromatic rings. The molecule has 0 saturated heterocycles. The zero-order valence-corrected chi connectivity index (χ0v) is 17.2. The summed E-state index contributed by atoms with van der Waals surface area (Å²) < 4.78 is 15.7. The van der Waals surface area contributed by atoms with Crippen molar-refractivity contribution >= 4 is 28.5 Å². The minimum Gasteiger partial charge on any atom is -0.550 e. The topological polar surface area (TPSA) is 85.5 Å². The third-order valence-electron chi connectivity index (χ3n) is 5.28. The Labute approximate surface area is 175 Å². The fourth-order valence-electron chi connectivity index (χ4n) is 4.00. The summed E-state index contributed by atoms with van der Waals surface area (Å²) in [7, 11) is 0. The summed E-state index contributed by atoms with van der Waals surface area (Å²) in [6.45, 7) is 4.14. The fraction of sp³-hybridized carbons (Fsp3) is 0.375. The number of carboxylic acids is 1. The van der Waals surface area contributed by atoms with E-state index in [0.717, 1.165) is 27.7 Å². The van der Waals surface area contributed by atoms with E-state index in [4.69, 9.17) is 0 Å². The van der Waals surface area contributed by atoms with Gasteiger partial charge in [-0.15, -0.1) is 0 Å². The summed E-state index contributed by atoms with van der Waals surface area (Å²) in [5.74, 6) is -1.49. The Morgan fingerprint density at radius 1 is 1.23 bits per heavy atom. The van der Waals surface area contributed by atoms with Crippen molar-refractivity contribution in [3.8, 4) is 0 Å². The van der Waals surface area contributed by atoms with Gasteiger partial charge in [-0.25, -0.2) is 4.39 Å². The molecule has 3 rings (SSSR count). The van der Waals surface area contributed by atoms with E-state index in [1.807, 2.05) is 30.3 Å². The van der Waals surface area contributed by atoms with Gasteiger partial charge >= 0.3 is 0 Å². The maximum atomic E-state index is 13.6. The SMILES string of the molecule is CC(C)n1c(/C=C/[C@@H](O)C[C@@H](O)CC(=O)[O-])c(C2=CC=C(F)CC2)c2ccccc21. The van der Waals surface area contributed by atoms with Crippen molar-refractivity contribution in [3.05, 3.63) is 59.6 Å². The number of aliphatic hydroxyl groups excluding tert-OH is 2. The summed E-state index contributed by atoms with van der Waals surface area (Å²) in [6, 6.07) is 8.15. The van der Waals surface area contributed by atoms with Gasteiger partial charge in [0.25, 0.3) is 0 Å². The molecule has 1 aromatic carbocycles. The molecular weight excluding hydrogens is 385 g/mol. The molecule has 1 heterocycles. The predicted octanol–water partition coefficient (Wildman–Crippen LogP) is 3.52. The molecule has 160 valence electrons. The van der Waals surface area contributed by atoms with Gasteiger partial charge in [0.1, 0.15) is 5.83 Å². The lowest BCUT2D eigenvalue weighted by atomic mass is 9.94. The smallest absolute Gasteiger partial charge is 0.100 e. The molecule has 0 aliphatic heterocycles. The first-order valence-corrected chi connectivity index (χ1v) is 10.2. The third kappa shape index (κ3) is 4.89. The van der Waals surface area contributed by atoms with Crippen LogP contribution in [0, 0.1) is 0 Å². The number of carbonyl (C=O) groups excluding carboxylic acids is 1. The highest BCUT2D eigenvalue weighted by molar-refractivity contribution is 5.98. The standard InChI is InChI=1S/C24H28FNO4/c1-15(2)26-21-6-4-3-5-20(21)24(16-7-9-17(25)10-8-16)22(26)12-11-18(27)13-19(28)14-23(29)30/h3-7,9,11-12,15,18-19,27-28H,8,10,13-14H2,1-2H3,(H,29,30)/p-1/b12-11+/t18-,19-/m1/s1. The van der Waals surface area contributed by atoms with E-state index in [2.05, 4.69) is 18.4 Å². The predicted molar refractivity (Wildman–Crippen MR) is 114 cm³/mol. The average Bonchev–Trinajstić information content (AvgIpc) is 3.00. The molecule has 0 radical (unpaired) electrons. The summed E-state index contributed by atoms with van der Waals surface area (Å²) in [5, 5.41) is 31.7. The molecule has 1 aromatic heterocycles. The largest absolute Gasteiger partial charge is 0.550 e. The monoisotopic (exact) mass is 412 g/mol. The number of halogens is 1. The first-order chi connectivity index (χ1) is 14.3. The number of benzene rings is 1. The minimum atomic E-state index is -1.36. The number of rotatable bonds is 8. The van der Waals surface area contributed by atoms with Gasteiger partial charge in [-0.3, -0.25) is 0 Å². The molecule has 1 aliphatic rings. The first-order valence-electron chi connectivity index (χ1n) is 10.2. The summed E-state index contributed by atoms with van der Waals surface area (Å²) in [6.07, 6.45) is 4.81. The number of carbonyl (C=O) groups is 1. The van der Waals surface area contributed by atoms with Gasteiger partial charge in [-0.1, -0.05) is 30.4 Å². The zero-order valence-electron chi connectivity index (χ0n) is 17.2. The number of para-hydroxylation sites is 1. The molecule has 0 unspecified atom stereocenters. The van der Waals surface area contributed by atoms with Gasteiger partial charge in [-0.2, -0.15) is 0 Å². The van der Waals surface area contributed by atoms with Crippen molar-refractivity contribution in [2.24, 2.45) is 0 Å². The van der Waals surface area contributed by atoms with E-state index in [-0.39, 0.29) is 18.3 Å². The van der Waals surface area contributed by atoms with Gasteiger partial charge in [0.15, 0.2) is 0 Å². The molecule has 6 heteroatoms. The molecule has 30 heavy (non-hydrogen) atoms. The minimum absolute atomic E-state index is 0.0988. The van der Waals surface area contributed by atoms with Crippen molar-refractivity contribution in [1.82, 2.24) is 4.57 Å². The van der Waals surface area contributed by atoms with E-state index in [0.29, 0.717) is 12.8 Å². The number of aliphatic carboxylic acids is 1. The summed E-state index contributed by atoms with van der Waals surface area (Å²) in [5.41, 5.74) is 3.96. The Bertz CT molecular complexity index is 1020. The molecular formula is C24H27FNO4-. The lowest BCUT2D eigenvalue weighted by Crippen LogP contribution is -2.29. The van der Waals surface area contributed by atoms with Crippen LogP contribution in [-0.2, 0) is 4.79 Å². The number of carboxylic acid groups (broad SMARTS) is 1. The lowest BCUT2D eigenvalue weighted by molar-refractivity contribution is -0.307. The van der Waals surface area contributed by atoms with Crippen LogP contribution < -0.4 is 5.11 Å². The second kappa shape index (κ2) is 9.41. The average molecular weight is 412 g/mol. The van der Waals surface area contributed by atoms with Crippen molar-refractivity contribution in [3.63, 3.8) is 0 Å². The van der Waals surface area contributed by atoms with Crippen LogP contribution in [0.3, 0.4) is 0 Å². The number of aliphatic hydroxyl groups is 2. The number of allylic oxidation sites excluding steroid dienone is 4. The number of hydrogen-bond acceptors (Lipinski definition) is 4. The van der Waals surface area contributed by atoms with E-state index >= 15 is 0 Å². The highest BCUT2D eigenvalue weighted by atomic mass is 19.1. The molecule has 1 aliphatic carbocycles. The zero-order chi connectivity index (χ0) is 21.8. The third-order valence-corrected chi connectivity index (χ3v) is 5.28. The van der Waals surface area contributed by atoms with Gasteiger partial charge in [0.2, 0.25) is 0 Å². The van der Waals surface area contributed by atoms with Crippen LogP contribution in [0.15, 0.2) is 48.3 Å². The van der Waals surface area contributed by atoms with Crippen molar-refractivity contribution in [1.29, 1.82) is 0 Å². The van der Waals surface area contributed by atoms with Crippen LogP contribution in [0.4, 0.5) is 4.39 Å². The van der Waals surface area contributed by atoms with Gasteiger partial charge in [-0.05, 0) is 44.1 Å². The van der Waals surface area contributed by atoms with Gasteiger partial charge in [0, 0.05) is 53.4 Å². The normalized spacial score (nSPS) is 16.7. The van der Waals surface area contributed by atoms with Crippen LogP contribution in [0.2, 0.25) is 0 Å². The maximum absolute atomic E-state index is 13.6. The molecule has 0 amide bonds. The van der Waals surface area contributed by atoms with Crippen molar-refractivity contribution in [2.75, 3.05) is 0 Å². The highest BCUT2D eigenvalue weighted by Crippen LogP contribution is 2.38.